The van der Waals surface area contributed by atoms with Gasteiger partial charge in [-0.05, 0) is 12.5 Å². The topological polar surface area (TPSA) is 76.2 Å². The molecule has 0 bridgehead atoms. The lowest BCUT2D eigenvalue weighted by Gasteiger charge is -2.33. The van der Waals surface area contributed by atoms with E-state index in [-0.39, 0.29) is 11.9 Å². The van der Waals surface area contributed by atoms with E-state index in [1.807, 2.05) is 37.1 Å². The lowest BCUT2D eigenvalue weighted by Crippen LogP contribution is -2.48. The number of nitrogens with one attached hydrogen (secondary N) is 1. The summed E-state index contributed by atoms with van der Waals surface area (Å²) in [4.78, 5) is 14.7. The van der Waals surface area contributed by atoms with Crippen LogP contribution in [0, 0.1) is 6.92 Å². The van der Waals surface area contributed by atoms with Gasteiger partial charge >= 0.3 is 0 Å². The fourth-order valence-electron chi connectivity index (χ4n) is 3.25. The van der Waals surface area contributed by atoms with Gasteiger partial charge in [-0.1, -0.05) is 35.5 Å². The fraction of sp³-hybridized carbons (Fsp3) is 0.316. The summed E-state index contributed by atoms with van der Waals surface area (Å²) in [6, 6.07) is 12.0. The lowest BCUT2D eigenvalue weighted by molar-refractivity contribution is 0.0692. The number of carbonyl (C=O) groups is 1. The molecule has 0 aliphatic carbocycles. The zero-order valence-corrected chi connectivity index (χ0v) is 14.8. The summed E-state index contributed by atoms with van der Waals surface area (Å²) in [7, 11) is 1.87. The molecule has 26 heavy (non-hydrogen) atoms. The Hall–Kier alpha value is -2.93. The smallest absolute Gasteiger partial charge is 0.276 e. The van der Waals surface area contributed by atoms with E-state index < -0.39 is 0 Å². The highest BCUT2D eigenvalue weighted by atomic mass is 16.5. The molecule has 4 rings (SSSR count). The minimum absolute atomic E-state index is 0.107. The molecule has 1 aliphatic rings. The van der Waals surface area contributed by atoms with Crippen molar-refractivity contribution in [2.45, 2.75) is 13.0 Å². The minimum Gasteiger partial charge on any atom is -0.355 e. The van der Waals surface area contributed by atoms with Crippen LogP contribution in [0.5, 0.6) is 0 Å². The van der Waals surface area contributed by atoms with Crippen LogP contribution in [-0.2, 0) is 7.05 Å². The molecule has 7 nitrogen and oxygen atoms in total. The average Bonchev–Trinajstić information content (AvgIpc) is 3.29. The molecule has 1 atom stereocenters. The molecular weight excluding hydrogens is 330 g/mol. The largest absolute Gasteiger partial charge is 0.355 e. The zero-order valence-electron chi connectivity index (χ0n) is 14.8. The summed E-state index contributed by atoms with van der Waals surface area (Å²) in [5, 5.41) is 11.7. The van der Waals surface area contributed by atoms with E-state index in [1.165, 1.54) is 5.56 Å². The highest BCUT2D eigenvalue weighted by Crippen LogP contribution is 2.24. The van der Waals surface area contributed by atoms with Crippen LogP contribution in [0.3, 0.4) is 0 Å². The standard InChI is InChI=1S/C19H21N5O2/c1-13-15(11-21-23(13)2)18-10-16(22-26-18)19(25)24-9-8-20-17(12-24)14-6-4-3-5-7-14/h3-7,10-11,17,20H,8-9,12H2,1-2H3. The molecule has 1 fully saturated rings. The predicted octanol–water partition coefficient (Wildman–Crippen LogP) is 2.17. The van der Waals surface area contributed by atoms with Crippen molar-refractivity contribution in [2.75, 3.05) is 19.6 Å². The molecule has 0 spiro atoms. The van der Waals surface area contributed by atoms with Gasteiger partial charge in [0.25, 0.3) is 5.91 Å². The van der Waals surface area contributed by atoms with Crippen molar-refractivity contribution >= 4 is 5.91 Å². The Labute approximate surface area is 151 Å². The van der Waals surface area contributed by atoms with Gasteiger partial charge in [-0.3, -0.25) is 9.48 Å². The van der Waals surface area contributed by atoms with Crippen LogP contribution in [0.4, 0.5) is 0 Å². The molecule has 3 aromatic rings. The maximum Gasteiger partial charge on any atom is 0.276 e. The number of rotatable bonds is 3. The SMILES string of the molecule is Cc1c(-c2cc(C(=O)N3CCNC(c4ccccc4)C3)no2)cnn1C. The Morgan fingerprint density at radius 2 is 2.12 bits per heavy atom. The van der Waals surface area contributed by atoms with Crippen molar-refractivity contribution < 1.29 is 9.32 Å². The predicted molar refractivity (Wildman–Crippen MR) is 96.5 cm³/mol. The summed E-state index contributed by atoms with van der Waals surface area (Å²) in [5.41, 5.74) is 3.32. The van der Waals surface area contributed by atoms with Crippen LogP contribution >= 0.6 is 0 Å². The number of carbonyl (C=O) groups excluding carboxylic acids is 1. The van der Waals surface area contributed by atoms with Gasteiger partial charge in [0, 0.05) is 44.5 Å². The highest BCUT2D eigenvalue weighted by Gasteiger charge is 2.27. The van der Waals surface area contributed by atoms with Crippen LogP contribution in [0.1, 0.15) is 27.8 Å². The summed E-state index contributed by atoms with van der Waals surface area (Å²) < 4.78 is 7.17. The number of aryl methyl sites for hydroxylation is 1. The maximum atomic E-state index is 12.9. The number of piperazine rings is 1. The summed E-state index contributed by atoms with van der Waals surface area (Å²) in [6.45, 7) is 3.96. The molecule has 1 saturated heterocycles. The van der Waals surface area contributed by atoms with Gasteiger partial charge in [0.15, 0.2) is 11.5 Å². The van der Waals surface area contributed by atoms with Gasteiger partial charge in [-0.15, -0.1) is 0 Å². The molecular formula is C19H21N5O2. The van der Waals surface area contributed by atoms with Gasteiger partial charge in [-0.25, -0.2) is 0 Å². The van der Waals surface area contributed by atoms with Crippen molar-refractivity contribution in [2.24, 2.45) is 7.05 Å². The van der Waals surface area contributed by atoms with E-state index in [0.717, 1.165) is 17.8 Å². The number of hydrogen-bond acceptors (Lipinski definition) is 5. The zero-order chi connectivity index (χ0) is 18.1. The number of aromatic nitrogens is 3. The fourth-order valence-corrected chi connectivity index (χ4v) is 3.25. The number of nitrogens with zero attached hydrogens (tertiary/aromatic N) is 4. The van der Waals surface area contributed by atoms with E-state index in [1.54, 1.807) is 16.9 Å². The van der Waals surface area contributed by atoms with E-state index in [2.05, 4.69) is 27.7 Å². The van der Waals surface area contributed by atoms with Crippen LogP contribution in [-0.4, -0.2) is 45.4 Å². The van der Waals surface area contributed by atoms with Crippen molar-refractivity contribution in [3.63, 3.8) is 0 Å². The molecule has 2 aromatic heterocycles. The van der Waals surface area contributed by atoms with Gasteiger partial charge in [0.05, 0.1) is 11.8 Å². The molecule has 134 valence electrons. The highest BCUT2D eigenvalue weighted by molar-refractivity contribution is 5.93. The molecule has 0 saturated carbocycles. The molecule has 1 aliphatic heterocycles. The summed E-state index contributed by atoms with van der Waals surface area (Å²) in [5.74, 6) is 0.456. The van der Waals surface area contributed by atoms with Crippen molar-refractivity contribution in [3.05, 3.63) is 59.5 Å². The molecule has 1 amide bonds. The van der Waals surface area contributed by atoms with E-state index >= 15 is 0 Å². The van der Waals surface area contributed by atoms with Crippen LogP contribution < -0.4 is 5.32 Å². The second-order valence-corrected chi connectivity index (χ2v) is 6.51. The Kier molecular flexibility index (Phi) is 4.30. The van der Waals surface area contributed by atoms with Gasteiger partial charge in [0.2, 0.25) is 0 Å². The third-order valence-electron chi connectivity index (χ3n) is 4.89. The number of benzene rings is 1. The first kappa shape index (κ1) is 16.5. The third kappa shape index (κ3) is 3.01. The quantitative estimate of drug-likeness (QED) is 0.783. The Bertz CT molecular complexity index is 915. The molecule has 1 aromatic carbocycles. The van der Waals surface area contributed by atoms with Crippen LogP contribution in [0.2, 0.25) is 0 Å². The summed E-state index contributed by atoms with van der Waals surface area (Å²) >= 11 is 0. The monoisotopic (exact) mass is 351 g/mol. The molecule has 0 radical (unpaired) electrons. The first-order chi connectivity index (χ1) is 12.6. The number of amides is 1. The van der Waals surface area contributed by atoms with Gasteiger partial charge < -0.3 is 14.7 Å². The second kappa shape index (κ2) is 6.76. The second-order valence-electron chi connectivity index (χ2n) is 6.51. The van der Waals surface area contributed by atoms with Crippen molar-refractivity contribution in [3.8, 4) is 11.3 Å². The third-order valence-corrected chi connectivity index (χ3v) is 4.89. The minimum atomic E-state index is -0.107. The summed E-state index contributed by atoms with van der Waals surface area (Å²) in [6.07, 6.45) is 1.72. The Balaban J connectivity index is 1.52. The normalized spacial score (nSPS) is 17.5. The van der Waals surface area contributed by atoms with Gasteiger partial charge in [0.1, 0.15) is 0 Å². The van der Waals surface area contributed by atoms with E-state index in [4.69, 9.17) is 4.52 Å². The Morgan fingerprint density at radius 3 is 2.85 bits per heavy atom. The molecule has 1 unspecified atom stereocenters. The van der Waals surface area contributed by atoms with Crippen LogP contribution in [0.15, 0.2) is 47.1 Å². The van der Waals surface area contributed by atoms with Crippen LogP contribution in [0.25, 0.3) is 11.3 Å². The molecule has 1 N–H and O–H groups in total. The van der Waals surface area contributed by atoms with E-state index in [9.17, 15) is 4.79 Å². The molecule has 3 heterocycles. The van der Waals surface area contributed by atoms with Crippen molar-refractivity contribution in [1.29, 1.82) is 0 Å². The maximum absolute atomic E-state index is 12.9. The first-order valence-corrected chi connectivity index (χ1v) is 8.67. The lowest BCUT2D eigenvalue weighted by atomic mass is 10.0. The van der Waals surface area contributed by atoms with E-state index in [0.29, 0.717) is 24.5 Å². The Morgan fingerprint density at radius 1 is 1.31 bits per heavy atom. The molecule has 7 heteroatoms. The first-order valence-electron chi connectivity index (χ1n) is 8.67. The van der Waals surface area contributed by atoms with Gasteiger partial charge in [-0.2, -0.15) is 5.10 Å². The van der Waals surface area contributed by atoms with Crippen molar-refractivity contribution in [1.82, 2.24) is 25.2 Å². The number of hydrogen-bond donors (Lipinski definition) is 1. The average molecular weight is 351 g/mol.